The average molecular weight is 335 g/mol. The Balaban J connectivity index is 2.07. The Morgan fingerprint density at radius 1 is 1.17 bits per heavy atom. The van der Waals surface area contributed by atoms with E-state index in [0.717, 1.165) is 0 Å². The van der Waals surface area contributed by atoms with E-state index in [4.69, 9.17) is 9.47 Å². The van der Waals surface area contributed by atoms with Crippen molar-refractivity contribution in [1.82, 2.24) is 0 Å². The average Bonchev–Trinajstić information content (AvgIpc) is 3.37. The van der Waals surface area contributed by atoms with Gasteiger partial charge in [-0.05, 0) is 24.3 Å². The first-order valence-corrected chi connectivity index (χ1v) is 8.30. The minimum Gasteiger partial charge on any atom is -0.484 e. The summed E-state index contributed by atoms with van der Waals surface area (Å²) >= 11 is 0. The van der Waals surface area contributed by atoms with Gasteiger partial charge < -0.3 is 9.47 Å². The van der Waals surface area contributed by atoms with Crippen molar-refractivity contribution in [1.29, 1.82) is 0 Å². The minimum atomic E-state index is -4.01. The lowest BCUT2D eigenvalue weighted by Crippen LogP contribution is -2.10. The summed E-state index contributed by atoms with van der Waals surface area (Å²) in [6, 6.07) is 11.6. The normalized spacial score (nSPS) is 16.8. The Morgan fingerprint density at radius 2 is 1.87 bits per heavy atom. The van der Waals surface area contributed by atoms with Crippen LogP contribution in [0.2, 0.25) is 0 Å². The quantitative estimate of drug-likeness (QED) is 0.456. The number of nitro benzene ring substituents is 1. The molecular formula is C15H13NO6S. The molecule has 1 atom stereocenters. The molecule has 0 aromatic heterocycles. The van der Waals surface area contributed by atoms with Crippen LogP contribution in [0.1, 0.15) is 0 Å². The molecule has 0 amide bonds. The molecule has 0 bridgehead atoms. The van der Waals surface area contributed by atoms with Gasteiger partial charge in [-0.1, -0.05) is 24.3 Å². The molecule has 1 saturated heterocycles. The van der Waals surface area contributed by atoms with E-state index in [1.807, 2.05) is 0 Å². The SMILES string of the molecule is O=[N+]([O-])c1c(OCC2CO2)cccc1S(=O)(=O)c1ccccc1. The van der Waals surface area contributed by atoms with Crippen LogP contribution in [-0.2, 0) is 14.6 Å². The van der Waals surface area contributed by atoms with Gasteiger partial charge in [0.05, 0.1) is 16.4 Å². The maximum atomic E-state index is 12.7. The zero-order valence-electron chi connectivity index (χ0n) is 11.9. The van der Waals surface area contributed by atoms with Crippen LogP contribution < -0.4 is 4.74 Å². The van der Waals surface area contributed by atoms with E-state index < -0.39 is 20.4 Å². The van der Waals surface area contributed by atoms with Gasteiger partial charge in [0, 0.05) is 0 Å². The van der Waals surface area contributed by atoms with Gasteiger partial charge in [0.25, 0.3) is 0 Å². The van der Waals surface area contributed by atoms with Crippen LogP contribution in [0, 0.1) is 10.1 Å². The van der Waals surface area contributed by atoms with E-state index in [0.29, 0.717) is 6.61 Å². The fourth-order valence-electron chi connectivity index (χ4n) is 2.09. The van der Waals surface area contributed by atoms with Gasteiger partial charge in [-0.15, -0.1) is 0 Å². The maximum Gasteiger partial charge on any atom is 0.329 e. The fraction of sp³-hybridized carbons (Fsp3) is 0.200. The summed E-state index contributed by atoms with van der Waals surface area (Å²) in [7, 11) is -4.01. The minimum absolute atomic E-state index is 0.00854. The van der Waals surface area contributed by atoms with Crippen molar-refractivity contribution in [3.63, 3.8) is 0 Å². The fourth-order valence-corrected chi connectivity index (χ4v) is 3.55. The van der Waals surface area contributed by atoms with Crippen LogP contribution in [0.15, 0.2) is 58.3 Å². The lowest BCUT2D eigenvalue weighted by atomic mass is 10.3. The number of nitro groups is 1. The number of rotatable bonds is 6. The first kappa shape index (κ1) is 15.4. The number of benzene rings is 2. The van der Waals surface area contributed by atoms with Crippen LogP contribution in [0.5, 0.6) is 5.75 Å². The predicted molar refractivity (Wildman–Crippen MR) is 80.2 cm³/mol. The lowest BCUT2D eigenvalue weighted by molar-refractivity contribution is -0.388. The number of ether oxygens (including phenoxy) is 2. The molecule has 0 saturated carbocycles. The lowest BCUT2D eigenvalue weighted by Gasteiger charge is -2.09. The molecule has 2 aromatic carbocycles. The van der Waals surface area contributed by atoms with E-state index in [9.17, 15) is 18.5 Å². The van der Waals surface area contributed by atoms with Crippen LogP contribution in [0.25, 0.3) is 0 Å². The monoisotopic (exact) mass is 335 g/mol. The molecule has 0 aliphatic carbocycles. The largest absolute Gasteiger partial charge is 0.484 e. The van der Waals surface area contributed by atoms with E-state index in [-0.39, 0.29) is 28.3 Å². The molecule has 8 heteroatoms. The third-order valence-corrected chi connectivity index (χ3v) is 5.12. The Labute approximate surface area is 132 Å². The van der Waals surface area contributed by atoms with Crippen molar-refractivity contribution in [3.05, 3.63) is 58.6 Å². The van der Waals surface area contributed by atoms with Crippen LogP contribution in [-0.4, -0.2) is 32.7 Å². The molecule has 3 rings (SSSR count). The topological polar surface area (TPSA) is 99.0 Å². The molecule has 0 spiro atoms. The van der Waals surface area contributed by atoms with Crippen LogP contribution >= 0.6 is 0 Å². The molecule has 1 fully saturated rings. The van der Waals surface area contributed by atoms with Gasteiger partial charge in [-0.25, -0.2) is 8.42 Å². The third kappa shape index (κ3) is 3.17. The summed E-state index contributed by atoms with van der Waals surface area (Å²) in [4.78, 5) is 10.3. The summed E-state index contributed by atoms with van der Waals surface area (Å²) < 4.78 is 35.7. The van der Waals surface area contributed by atoms with Crippen molar-refractivity contribution in [2.75, 3.05) is 13.2 Å². The highest BCUT2D eigenvalue weighted by molar-refractivity contribution is 7.91. The van der Waals surface area contributed by atoms with E-state index >= 15 is 0 Å². The van der Waals surface area contributed by atoms with Crippen molar-refractivity contribution >= 4 is 15.5 Å². The number of para-hydroxylation sites is 1. The van der Waals surface area contributed by atoms with Crippen LogP contribution in [0.3, 0.4) is 0 Å². The van der Waals surface area contributed by atoms with Gasteiger partial charge in [-0.3, -0.25) is 10.1 Å². The smallest absolute Gasteiger partial charge is 0.329 e. The molecule has 1 aliphatic heterocycles. The van der Waals surface area contributed by atoms with Crippen LogP contribution in [0.4, 0.5) is 5.69 Å². The standard InChI is InChI=1S/C15H13NO6S/c17-16(18)15-13(22-10-11-9-21-11)7-4-8-14(15)23(19,20)12-5-2-1-3-6-12/h1-8,11H,9-10H2. The zero-order valence-corrected chi connectivity index (χ0v) is 12.7. The summed E-state index contributed by atoms with van der Waals surface area (Å²) in [6.45, 7) is 0.686. The van der Waals surface area contributed by atoms with Gasteiger partial charge in [0.1, 0.15) is 12.7 Å². The summed E-state index contributed by atoms with van der Waals surface area (Å²) in [5.41, 5.74) is -0.558. The van der Waals surface area contributed by atoms with Crippen molar-refractivity contribution < 1.29 is 22.8 Å². The van der Waals surface area contributed by atoms with Crippen molar-refractivity contribution in [3.8, 4) is 5.75 Å². The molecule has 2 aromatic rings. The van der Waals surface area contributed by atoms with E-state index in [1.54, 1.807) is 18.2 Å². The Hall–Kier alpha value is -2.45. The summed E-state index contributed by atoms with van der Waals surface area (Å²) in [5.74, 6) is -0.0810. The second kappa shape index (κ2) is 5.98. The summed E-state index contributed by atoms with van der Waals surface area (Å²) in [6.07, 6.45) is -0.0935. The molecule has 1 heterocycles. The van der Waals surface area contributed by atoms with Crippen molar-refractivity contribution in [2.24, 2.45) is 0 Å². The van der Waals surface area contributed by atoms with Gasteiger partial charge >= 0.3 is 5.69 Å². The molecule has 0 radical (unpaired) electrons. The van der Waals surface area contributed by atoms with E-state index in [2.05, 4.69) is 0 Å². The van der Waals surface area contributed by atoms with Gasteiger partial charge in [0.2, 0.25) is 9.84 Å². The van der Waals surface area contributed by atoms with Crippen molar-refractivity contribution in [2.45, 2.75) is 15.9 Å². The first-order chi connectivity index (χ1) is 11.0. The number of nitrogens with zero attached hydrogens (tertiary/aromatic N) is 1. The highest BCUT2D eigenvalue weighted by Crippen LogP contribution is 2.37. The Kier molecular flexibility index (Phi) is 4.01. The molecule has 1 aliphatic rings. The number of sulfone groups is 1. The summed E-state index contributed by atoms with van der Waals surface area (Å²) in [5, 5.41) is 11.4. The van der Waals surface area contributed by atoms with Gasteiger partial charge in [-0.2, -0.15) is 0 Å². The molecule has 1 unspecified atom stereocenters. The molecule has 23 heavy (non-hydrogen) atoms. The van der Waals surface area contributed by atoms with Gasteiger partial charge in [0.15, 0.2) is 10.6 Å². The maximum absolute atomic E-state index is 12.7. The number of hydrogen-bond acceptors (Lipinski definition) is 6. The third-order valence-electron chi connectivity index (χ3n) is 3.31. The first-order valence-electron chi connectivity index (χ1n) is 6.82. The highest BCUT2D eigenvalue weighted by atomic mass is 32.2. The second-order valence-electron chi connectivity index (χ2n) is 4.94. The molecule has 120 valence electrons. The number of epoxide rings is 1. The predicted octanol–water partition coefficient (Wildman–Crippen LogP) is 2.21. The zero-order chi connectivity index (χ0) is 16.4. The van der Waals surface area contributed by atoms with E-state index in [1.165, 1.54) is 30.3 Å². The Bertz CT molecular complexity index is 830. The second-order valence-corrected chi connectivity index (χ2v) is 6.86. The number of hydrogen-bond donors (Lipinski definition) is 0. The molecular weight excluding hydrogens is 322 g/mol. The highest BCUT2D eigenvalue weighted by Gasteiger charge is 2.32. The Morgan fingerprint density at radius 3 is 2.48 bits per heavy atom. The molecule has 7 nitrogen and oxygen atoms in total. The molecule has 0 N–H and O–H groups in total.